The molecule has 120 valence electrons. The van der Waals surface area contributed by atoms with Gasteiger partial charge in [-0.1, -0.05) is 0 Å². The van der Waals surface area contributed by atoms with Crippen LogP contribution in [0.15, 0.2) is 65.2 Å². The number of aliphatic hydroxyl groups excluding tert-OH is 1. The maximum atomic E-state index is 11.2. The van der Waals surface area contributed by atoms with Gasteiger partial charge in [-0.2, -0.15) is 0 Å². The molecule has 0 saturated heterocycles. The van der Waals surface area contributed by atoms with Crippen molar-refractivity contribution in [2.75, 3.05) is 0 Å². The zero-order valence-electron chi connectivity index (χ0n) is 13.2. The SMILES string of the molecule is NC(=O)CCC1=C(C2=CC(O)=CCC2)CCC(n2cccc2)=C1. The number of nitrogens with two attached hydrogens (primary N) is 1. The molecule has 0 atom stereocenters. The average molecular weight is 310 g/mol. The van der Waals surface area contributed by atoms with E-state index in [1.54, 1.807) is 0 Å². The summed E-state index contributed by atoms with van der Waals surface area (Å²) in [7, 11) is 0. The summed E-state index contributed by atoms with van der Waals surface area (Å²) in [5, 5.41) is 9.79. The zero-order valence-corrected chi connectivity index (χ0v) is 13.2. The van der Waals surface area contributed by atoms with Crippen LogP contribution >= 0.6 is 0 Å². The second-order valence-corrected chi connectivity index (χ2v) is 6.03. The summed E-state index contributed by atoms with van der Waals surface area (Å²) in [5.74, 6) is 0.0619. The third-order valence-corrected chi connectivity index (χ3v) is 4.41. The van der Waals surface area contributed by atoms with Crippen molar-refractivity contribution in [2.24, 2.45) is 5.73 Å². The van der Waals surface area contributed by atoms with Gasteiger partial charge in [-0.05, 0) is 79.2 Å². The van der Waals surface area contributed by atoms with E-state index in [1.165, 1.54) is 22.4 Å². The van der Waals surface area contributed by atoms with Crippen LogP contribution in [0.25, 0.3) is 5.70 Å². The first-order valence-electron chi connectivity index (χ1n) is 8.08. The van der Waals surface area contributed by atoms with Crippen LogP contribution < -0.4 is 5.73 Å². The van der Waals surface area contributed by atoms with Crippen LogP contribution in [0.3, 0.4) is 0 Å². The van der Waals surface area contributed by atoms with Gasteiger partial charge in [0, 0.05) is 24.5 Å². The minimum absolute atomic E-state index is 0.279. The van der Waals surface area contributed by atoms with Gasteiger partial charge < -0.3 is 15.4 Å². The van der Waals surface area contributed by atoms with E-state index in [1.807, 2.05) is 36.7 Å². The summed E-state index contributed by atoms with van der Waals surface area (Å²) < 4.78 is 2.12. The molecule has 3 N–H and O–H groups in total. The number of amides is 1. The molecule has 1 heterocycles. The molecule has 0 saturated carbocycles. The number of nitrogens with zero attached hydrogens (tertiary/aromatic N) is 1. The zero-order chi connectivity index (χ0) is 16.2. The van der Waals surface area contributed by atoms with Crippen LogP contribution in [0, 0.1) is 0 Å². The molecule has 4 nitrogen and oxygen atoms in total. The molecule has 0 radical (unpaired) electrons. The predicted octanol–water partition coefficient (Wildman–Crippen LogP) is 3.85. The number of primary amides is 1. The Morgan fingerprint density at radius 3 is 2.65 bits per heavy atom. The van der Waals surface area contributed by atoms with Gasteiger partial charge in [0.25, 0.3) is 0 Å². The fourth-order valence-electron chi connectivity index (χ4n) is 3.27. The molecule has 0 spiro atoms. The van der Waals surface area contributed by atoms with Crippen LogP contribution in [0.4, 0.5) is 0 Å². The molecule has 2 aliphatic carbocycles. The third-order valence-electron chi connectivity index (χ3n) is 4.41. The maximum absolute atomic E-state index is 11.2. The summed E-state index contributed by atoms with van der Waals surface area (Å²) in [6.45, 7) is 0. The lowest BCUT2D eigenvalue weighted by atomic mass is 9.84. The van der Waals surface area contributed by atoms with Gasteiger partial charge in [0.05, 0.1) is 0 Å². The monoisotopic (exact) mass is 310 g/mol. The van der Waals surface area contributed by atoms with E-state index in [0.29, 0.717) is 18.6 Å². The lowest BCUT2D eigenvalue weighted by Gasteiger charge is -2.24. The van der Waals surface area contributed by atoms with E-state index in [0.717, 1.165) is 25.7 Å². The van der Waals surface area contributed by atoms with Crippen LogP contribution in [-0.4, -0.2) is 15.6 Å². The molecule has 2 aliphatic rings. The molecule has 0 aromatic carbocycles. The summed E-state index contributed by atoms with van der Waals surface area (Å²) >= 11 is 0. The number of hydrogen-bond acceptors (Lipinski definition) is 2. The minimum Gasteiger partial charge on any atom is -0.508 e. The first-order chi connectivity index (χ1) is 11.1. The lowest BCUT2D eigenvalue weighted by molar-refractivity contribution is -0.117. The van der Waals surface area contributed by atoms with E-state index in [-0.39, 0.29) is 5.91 Å². The second kappa shape index (κ2) is 6.73. The highest BCUT2D eigenvalue weighted by molar-refractivity contribution is 5.74. The summed E-state index contributed by atoms with van der Waals surface area (Å²) in [4.78, 5) is 11.2. The Bertz CT molecular complexity index is 719. The van der Waals surface area contributed by atoms with Crippen molar-refractivity contribution in [1.82, 2.24) is 4.57 Å². The Kier molecular flexibility index (Phi) is 4.51. The maximum Gasteiger partial charge on any atom is 0.217 e. The first-order valence-corrected chi connectivity index (χ1v) is 8.08. The van der Waals surface area contributed by atoms with Gasteiger partial charge in [-0.3, -0.25) is 4.79 Å². The highest BCUT2D eigenvalue weighted by Crippen LogP contribution is 2.36. The van der Waals surface area contributed by atoms with Gasteiger partial charge in [0.2, 0.25) is 5.91 Å². The topological polar surface area (TPSA) is 68.2 Å². The quantitative estimate of drug-likeness (QED) is 0.867. The number of carbonyl (C=O) groups is 1. The summed E-state index contributed by atoms with van der Waals surface area (Å²) in [6.07, 6.45) is 14.6. The van der Waals surface area contributed by atoms with Gasteiger partial charge >= 0.3 is 0 Å². The van der Waals surface area contributed by atoms with E-state index in [4.69, 9.17) is 5.73 Å². The smallest absolute Gasteiger partial charge is 0.217 e. The van der Waals surface area contributed by atoms with Crippen molar-refractivity contribution >= 4 is 11.6 Å². The molecule has 1 aromatic heterocycles. The molecular formula is C19H22N2O2. The molecule has 0 fully saturated rings. The Balaban J connectivity index is 1.96. The van der Waals surface area contributed by atoms with Gasteiger partial charge in [0.1, 0.15) is 5.76 Å². The molecule has 23 heavy (non-hydrogen) atoms. The van der Waals surface area contributed by atoms with Crippen LogP contribution in [0.2, 0.25) is 0 Å². The number of rotatable bonds is 5. The van der Waals surface area contributed by atoms with Gasteiger partial charge in [-0.15, -0.1) is 0 Å². The number of aromatic nitrogens is 1. The van der Waals surface area contributed by atoms with Crippen molar-refractivity contribution in [3.05, 3.63) is 65.2 Å². The Hall–Kier alpha value is -2.49. The normalized spacial score (nSPS) is 18.3. The Morgan fingerprint density at radius 1 is 1.17 bits per heavy atom. The summed E-state index contributed by atoms with van der Waals surface area (Å²) in [5.41, 5.74) is 10.2. The third kappa shape index (κ3) is 3.65. The van der Waals surface area contributed by atoms with Crippen LogP contribution in [-0.2, 0) is 4.79 Å². The standard InChI is InChI=1S/C19H22N2O2/c20-19(23)9-6-15-12-16(21-10-1-2-11-21)7-8-18(15)14-4-3-5-17(22)13-14/h1-2,5,10-13,22H,3-4,6-9H2,(H2,20,23). The predicted molar refractivity (Wildman–Crippen MR) is 91.4 cm³/mol. The van der Waals surface area contributed by atoms with Gasteiger partial charge in [0.15, 0.2) is 0 Å². The van der Waals surface area contributed by atoms with Crippen molar-refractivity contribution in [1.29, 1.82) is 0 Å². The van der Waals surface area contributed by atoms with E-state index in [9.17, 15) is 9.90 Å². The molecule has 1 aromatic rings. The number of carbonyl (C=O) groups excluding carboxylic acids is 1. The largest absolute Gasteiger partial charge is 0.508 e. The van der Waals surface area contributed by atoms with Crippen LogP contribution in [0.5, 0.6) is 0 Å². The van der Waals surface area contributed by atoms with Gasteiger partial charge in [-0.25, -0.2) is 0 Å². The molecule has 0 unspecified atom stereocenters. The Labute approximate surface area is 136 Å². The van der Waals surface area contributed by atoms with E-state index >= 15 is 0 Å². The number of aliphatic hydroxyl groups is 1. The van der Waals surface area contributed by atoms with E-state index < -0.39 is 0 Å². The second-order valence-electron chi connectivity index (χ2n) is 6.03. The minimum atomic E-state index is -0.279. The molecule has 1 amide bonds. The lowest BCUT2D eigenvalue weighted by Crippen LogP contribution is -2.12. The summed E-state index contributed by atoms with van der Waals surface area (Å²) in [6, 6.07) is 4.02. The molecule has 0 aliphatic heterocycles. The number of hydrogen-bond donors (Lipinski definition) is 2. The molecular weight excluding hydrogens is 288 g/mol. The highest BCUT2D eigenvalue weighted by Gasteiger charge is 2.19. The molecule has 3 rings (SSSR count). The van der Waals surface area contributed by atoms with E-state index in [2.05, 4.69) is 10.6 Å². The van der Waals surface area contributed by atoms with Crippen LogP contribution in [0.1, 0.15) is 38.5 Å². The van der Waals surface area contributed by atoms with Crippen molar-refractivity contribution in [3.8, 4) is 0 Å². The molecule has 0 bridgehead atoms. The highest BCUT2D eigenvalue weighted by atomic mass is 16.3. The van der Waals surface area contributed by atoms with Crippen molar-refractivity contribution in [3.63, 3.8) is 0 Å². The molecule has 4 heteroatoms. The Morgan fingerprint density at radius 2 is 1.96 bits per heavy atom. The first kappa shape index (κ1) is 15.4. The fraction of sp³-hybridized carbons (Fsp3) is 0.316. The fourth-order valence-corrected chi connectivity index (χ4v) is 3.27. The number of allylic oxidation sites excluding steroid dienone is 7. The van der Waals surface area contributed by atoms with Crippen molar-refractivity contribution in [2.45, 2.75) is 38.5 Å². The van der Waals surface area contributed by atoms with Crippen molar-refractivity contribution < 1.29 is 9.90 Å². The average Bonchev–Trinajstić information content (AvgIpc) is 3.07.